The van der Waals surface area contributed by atoms with Gasteiger partial charge < -0.3 is 0 Å². The second-order valence-corrected chi connectivity index (χ2v) is 7.71. The smallest absolute Gasteiger partial charge is 0.263 e. The zero-order chi connectivity index (χ0) is 19.0. The van der Waals surface area contributed by atoms with Crippen molar-refractivity contribution in [2.24, 2.45) is 0 Å². The normalized spacial score (nSPS) is 12.3. The molecule has 2 aromatic carbocycles. The van der Waals surface area contributed by atoms with Crippen LogP contribution in [0.5, 0.6) is 0 Å². The highest BCUT2D eigenvalue weighted by molar-refractivity contribution is 8.00. The van der Waals surface area contributed by atoms with Crippen LogP contribution in [-0.4, -0.2) is 24.4 Å². The van der Waals surface area contributed by atoms with Gasteiger partial charge in [-0.15, -0.1) is 10.2 Å². The van der Waals surface area contributed by atoms with Crippen molar-refractivity contribution in [3.8, 4) is 6.07 Å². The molecule has 0 amide bonds. The number of aromatic nitrogens is 4. The lowest BCUT2D eigenvalue weighted by atomic mass is 10.1. The number of hydrogen-bond acceptors (Lipinski definition) is 5. The molecule has 6 nitrogen and oxygen atoms in total. The fourth-order valence-corrected chi connectivity index (χ4v) is 3.76. The first kappa shape index (κ1) is 17.3. The van der Waals surface area contributed by atoms with Crippen LogP contribution in [0.15, 0.2) is 58.5 Å². The van der Waals surface area contributed by atoms with Crippen LogP contribution in [0.4, 0.5) is 0 Å². The average molecular weight is 375 g/mol. The molecule has 4 aromatic rings. The molecule has 0 unspecified atom stereocenters. The first-order chi connectivity index (χ1) is 13.1. The predicted molar refractivity (Wildman–Crippen MR) is 106 cm³/mol. The van der Waals surface area contributed by atoms with Crippen LogP contribution in [0.3, 0.4) is 0 Å². The number of fused-ring (bicyclic) bond motifs is 3. The molecule has 2 heterocycles. The van der Waals surface area contributed by atoms with Gasteiger partial charge in [0.05, 0.1) is 28.8 Å². The van der Waals surface area contributed by atoms with Crippen LogP contribution in [0.1, 0.15) is 18.1 Å². The third-order valence-electron chi connectivity index (χ3n) is 4.40. The first-order valence-electron chi connectivity index (χ1n) is 8.57. The Balaban J connectivity index is 1.97. The fourth-order valence-electron chi connectivity index (χ4n) is 3.01. The number of rotatable bonds is 4. The monoisotopic (exact) mass is 375 g/mol. The molecule has 0 aliphatic carbocycles. The highest BCUT2D eigenvalue weighted by atomic mass is 32.2. The first-order valence-corrected chi connectivity index (χ1v) is 9.45. The highest BCUT2D eigenvalue weighted by Gasteiger charge is 2.18. The van der Waals surface area contributed by atoms with Crippen LogP contribution in [0.25, 0.3) is 16.7 Å². The molecule has 27 heavy (non-hydrogen) atoms. The van der Waals surface area contributed by atoms with Crippen molar-refractivity contribution in [1.29, 1.82) is 5.26 Å². The summed E-state index contributed by atoms with van der Waals surface area (Å²) in [6.45, 7) is 4.25. The van der Waals surface area contributed by atoms with Gasteiger partial charge in [0.25, 0.3) is 5.56 Å². The zero-order valence-corrected chi connectivity index (χ0v) is 15.8. The van der Waals surface area contributed by atoms with E-state index in [1.54, 1.807) is 4.57 Å². The lowest BCUT2D eigenvalue weighted by molar-refractivity contribution is 0.763. The van der Waals surface area contributed by atoms with Crippen molar-refractivity contribution < 1.29 is 0 Å². The van der Waals surface area contributed by atoms with Gasteiger partial charge in [0.15, 0.2) is 5.16 Å². The molecule has 0 saturated heterocycles. The van der Waals surface area contributed by atoms with Gasteiger partial charge in [-0.1, -0.05) is 53.7 Å². The summed E-state index contributed by atoms with van der Waals surface area (Å²) in [6.07, 6.45) is 0. The van der Waals surface area contributed by atoms with Gasteiger partial charge in [-0.25, -0.2) is 0 Å². The number of benzene rings is 2. The summed E-state index contributed by atoms with van der Waals surface area (Å²) in [5.41, 5.74) is 2.83. The Morgan fingerprint density at radius 1 is 1.15 bits per heavy atom. The van der Waals surface area contributed by atoms with Gasteiger partial charge in [0.1, 0.15) is 0 Å². The molecule has 4 rings (SSSR count). The van der Waals surface area contributed by atoms with Gasteiger partial charge in [-0.3, -0.25) is 13.8 Å². The van der Waals surface area contributed by atoms with Crippen molar-refractivity contribution >= 4 is 28.4 Å². The van der Waals surface area contributed by atoms with Crippen molar-refractivity contribution in [3.63, 3.8) is 0 Å². The molecule has 134 valence electrons. The van der Waals surface area contributed by atoms with E-state index in [0.717, 1.165) is 11.1 Å². The molecule has 0 saturated carbocycles. The summed E-state index contributed by atoms with van der Waals surface area (Å²) in [7, 11) is 0. The maximum atomic E-state index is 13.1. The Kier molecular flexibility index (Phi) is 4.42. The second-order valence-electron chi connectivity index (χ2n) is 6.40. The predicted octanol–water partition coefficient (Wildman–Crippen LogP) is 3.41. The SMILES string of the molecule is Cc1ccc(Cn2c(=O)c3ccccc3n3c(S[C@@H](C)C#N)nnc23)cc1. The number of para-hydroxylation sites is 1. The summed E-state index contributed by atoms with van der Waals surface area (Å²) in [4.78, 5) is 13.1. The number of hydrogen-bond donors (Lipinski definition) is 0. The minimum absolute atomic E-state index is 0.101. The lowest BCUT2D eigenvalue weighted by Gasteiger charge is -2.11. The van der Waals surface area contributed by atoms with Crippen LogP contribution in [-0.2, 0) is 6.54 Å². The molecule has 0 radical (unpaired) electrons. The van der Waals surface area contributed by atoms with Crippen molar-refractivity contribution in [3.05, 3.63) is 70.0 Å². The van der Waals surface area contributed by atoms with Gasteiger partial charge >= 0.3 is 0 Å². The average Bonchev–Trinajstić information content (AvgIpc) is 3.10. The molecule has 0 N–H and O–H groups in total. The Morgan fingerprint density at radius 3 is 2.63 bits per heavy atom. The van der Waals surface area contributed by atoms with Crippen molar-refractivity contribution in [2.45, 2.75) is 30.8 Å². The molecular weight excluding hydrogens is 358 g/mol. The third-order valence-corrected chi connectivity index (χ3v) is 5.34. The fraction of sp³-hybridized carbons (Fsp3) is 0.200. The molecular formula is C20H17N5OS. The molecule has 0 bridgehead atoms. The van der Waals surface area contributed by atoms with E-state index in [-0.39, 0.29) is 10.8 Å². The Morgan fingerprint density at radius 2 is 1.89 bits per heavy atom. The van der Waals surface area contributed by atoms with Crippen molar-refractivity contribution in [1.82, 2.24) is 19.2 Å². The maximum Gasteiger partial charge on any atom is 0.263 e. The summed E-state index contributed by atoms with van der Waals surface area (Å²) >= 11 is 1.33. The second kappa shape index (κ2) is 6.89. The van der Waals surface area contributed by atoms with Crippen LogP contribution in [0.2, 0.25) is 0 Å². The summed E-state index contributed by atoms with van der Waals surface area (Å²) in [5.74, 6) is 0.479. The van der Waals surface area contributed by atoms with Crippen LogP contribution >= 0.6 is 11.8 Å². The minimum Gasteiger partial charge on any atom is -0.272 e. The van der Waals surface area contributed by atoms with E-state index in [1.165, 1.54) is 17.3 Å². The van der Waals surface area contributed by atoms with E-state index >= 15 is 0 Å². The summed E-state index contributed by atoms with van der Waals surface area (Å²) in [5, 5.41) is 18.6. The van der Waals surface area contributed by atoms with E-state index in [9.17, 15) is 4.79 Å². The highest BCUT2D eigenvalue weighted by Crippen LogP contribution is 2.24. The topological polar surface area (TPSA) is 76.0 Å². The van der Waals surface area contributed by atoms with Gasteiger partial charge in [-0.2, -0.15) is 5.26 Å². The molecule has 7 heteroatoms. The summed E-state index contributed by atoms with van der Waals surface area (Å²) < 4.78 is 3.50. The number of nitriles is 1. The number of thioether (sulfide) groups is 1. The van der Waals surface area contributed by atoms with Gasteiger partial charge in [-0.05, 0) is 31.5 Å². The molecule has 2 aromatic heterocycles. The maximum absolute atomic E-state index is 13.1. The van der Waals surface area contributed by atoms with Crippen LogP contribution < -0.4 is 5.56 Å². The molecule has 0 aliphatic heterocycles. The van der Waals surface area contributed by atoms with E-state index < -0.39 is 0 Å². The Bertz CT molecular complexity index is 1230. The quantitative estimate of drug-likeness (QED) is 0.511. The largest absolute Gasteiger partial charge is 0.272 e. The summed E-state index contributed by atoms with van der Waals surface area (Å²) in [6, 6.07) is 17.7. The number of nitrogens with zero attached hydrogens (tertiary/aromatic N) is 5. The third kappa shape index (κ3) is 3.09. The van der Waals surface area contributed by atoms with Gasteiger partial charge in [0, 0.05) is 0 Å². The Labute approximate surface area is 160 Å². The molecule has 0 fully saturated rings. The van der Waals surface area contributed by atoms with Crippen LogP contribution in [0, 0.1) is 18.3 Å². The van der Waals surface area contributed by atoms with E-state index in [4.69, 9.17) is 5.26 Å². The Hall–Kier alpha value is -3.11. The van der Waals surface area contributed by atoms with E-state index in [2.05, 4.69) is 16.3 Å². The molecule has 0 aliphatic rings. The minimum atomic E-state index is -0.270. The standard InChI is InChI=1S/C20H17N5OS/c1-13-7-9-15(10-8-13)12-24-18(26)16-5-3-4-6-17(16)25-19(24)22-23-20(25)27-14(2)11-21/h3-10,14H,12H2,1-2H3/t14-/m0/s1. The number of aryl methyl sites for hydroxylation is 1. The molecule has 0 spiro atoms. The lowest BCUT2D eigenvalue weighted by Crippen LogP contribution is -2.24. The van der Waals surface area contributed by atoms with Crippen molar-refractivity contribution in [2.75, 3.05) is 0 Å². The van der Waals surface area contributed by atoms with E-state index in [0.29, 0.717) is 22.9 Å². The van der Waals surface area contributed by atoms with E-state index in [1.807, 2.05) is 66.8 Å². The zero-order valence-electron chi connectivity index (χ0n) is 15.0. The van der Waals surface area contributed by atoms with Gasteiger partial charge in [0.2, 0.25) is 5.78 Å². The molecule has 1 atom stereocenters.